The van der Waals surface area contributed by atoms with Gasteiger partial charge in [0, 0.05) is 28.2 Å². The molecule has 0 radical (unpaired) electrons. The topological polar surface area (TPSA) is 107 Å². The van der Waals surface area contributed by atoms with Gasteiger partial charge in [0.25, 0.3) is 0 Å². The third-order valence-corrected chi connectivity index (χ3v) is 4.47. The summed E-state index contributed by atoms with van der Waals surface area (Å²) in [6, 6.07) is 13.0. The normalized spacial score (nSPS) is 10.9. The summed E-state index contributed by atoms with van der Waals surface area (Å²) < 4.78 is 1.31. The number of hydrogen-bond acceptors (Lipinski definition) is 6. The van der Waals surface area contributed by atoms with Crippen molar-refractivity contribution >= 4 is 27.8 Å². The third kappa shape index (κ3) is 3.07. The molecule has 7 nitrogen and oxygen atoms in total. The Labute approximate surface area is 146 Å². The number of H-pyrrole nitrogens is 1. The van der Waals surface area contributed by atoms with Crippen LogP contribution in [-0.4, -0.2) is 30.1 Å². The fourth-order valence-electron chi connectivity index (χ4n) is 2.40. The number of nitrogens with one attached hydrogen (secondary N) is 3. The SMILES string of the molecule is N=C(Sc1ccc2ncccc2c1)n1nc(-c2cn[nH]c2)ccc1=N. The van der Waals surface area contributed by atoms with Crippen LogP contribution in [0.25, 0.3) is 22.2 Å². The molecule has 0 aliphatic carbocycles. The summed E-state index contributed by atoms with van der Waals surface area (Å²) in [7, 11) is 0. The predicted octanol–water partition coefficient (Wildman–Crippen LogP) is 2.88. The number of hydrogen-bond donors (Lipinski definition) is 3. The highest BCUT2D eigenvalue weighted by Crippen LogP contribution is 2.23. The fraction of sp³-hybridized carbons (Fsp3) is 0. The highest BCUT2D eigenvalue weighted by molar-refractivity contribution is 8.13. The molecule has 0 unspecified atom stereocenters. The fourth-order valence-corrected chi connectivity index (χ4v) is 3.17. The second-order valence-corrected chi connectivity index (χ2v) is 6.33. The molecule has 1 aromatic carbocycles. The maximum atomic E-state index is 8.34. The van der Waals surface area contributed by atoms with Gasteiger partial charge in [-0.15, -0.1) is 0 Å². The molecule has 0 spiro atoms. The number of benzene rings is 1. The van der Waals surface area contributed by atoms with Crippen molar-refractivity contribution in [3.05, 3.63) is 66.5 Å². The van der Waals surface area contributed by atoms with Crippen LogP contribution in [0, 0.1) is 10.8 Å². The van der Waals surface area contributed by atoms with Crippen LogP contribution in [0.4, 0.5) is 0 Å². The molecule has 25 heavy (non-hydrogen) atoms. The Hall–Kier alpha value is -3.26. The lowest BCUT2D eigenvalue weighted by Gasteiger charge is -2.09. The molecule has 0 atom stereocenters. The molecule has 3 heterocycles. The molecule has 4 rings (SSSR count). The van der Waals surface area contributed by atoms with Crippen LogP contribution in [0.2, 0.25) is 0 Å². The van der Waals surface area contributed by atoms with E-state index in [0.29, 0.717) is 5.69 Å². The van der Waals surface area contributed by atoms with E-state index >= 15 is 0 Å². The van der Waals surface area contributed by atoms with Gasteiger partial charge in [-0.1, -0.05) is 17.8 Å². The summed E-state index contributed by atoms with van der Waals surface area (Å²) in [5, 5.41) is 28.6. The molecule has 0 fully saturated rings. The first-order valence-corrected chi connectivity index (χ1v) is 8.28. The Kier molecular flexibility index (Phi) is 3.87. The van der Waals surface area contributed by atoms with E-state index in [4.69, 9.17) is 10.8 Å². The van der Waals surface area contributed by atoms with Gasteiger partial charge >= 0.3 is 0 Å². The Morgan fingerprint density at radius 1 is 1.16 bits per heavy atom. The maximum absolute atomic E-state index is 8.34. The monoisotopic (exact) mass is 347 g/mol. The van der Waals surface area contributed by atoms with E-state index in [1.807, 2.05) is 30.3 Å². The molecular formula is C17H13N7S. The Morgan fingerprint density at radius 2 is 2.08 bits per heavy atom. The summed E-state index contributed by atoms with van der Waals surface area (Å²) in [4.78, 5) is 5.19. The molecular weight excluding hydrogens is 334 g/mol. The van der Waals surface area contributed by atoms with Crippen molar-refractivity contribution in [3.63, 3.8) is 0 Å². The minimum absolute atomic E-state index is 0.146. The minimum atomic E-state index is 0.146. The quantitative estimate of drug-likeness (QED) is 0.294. The molecule has 0 aliphatic rings. The number of aromatic amines is 1. The molecule has 0 amide bonds. The highest BCUT2D eigenvalue weighted by atomic mass is 32.2. The Bertz CT molecular complexity index is 1120. The number of fused-ring (bicyclic) bond motifs is 1. The number of pyridine rings is 1. The van der Waals surface area contributed by atoms with Crippen molar-refractivity contribution in [2.45, 2.75) is 4.90 Å². The lowest BCUT2D eigenvalue weighted by molar-refractivity contribution is 0.827. The second kappa shape index (κ2) is 6.33. The van der Waals surface area contributed by atoms with Gasteiger partial charge in [0.1, 0.15) is 5.49 Å². The summed E-state index contributed by atoms with van der Waals surface area (Å²) in [6.07, 6.45) is 5.14. The lowest BCUT2D eigenvalue weighted by atomic mass is 10.2. The first-order chi connectivity index (χ1) is 12.2. The van der Waals surface area contributed by atoms with Crippen LogP contribution in [0.1, 0.15) is 0 Å². The molecule has 122 valence electrons. The van der Waals surface area contributed by atoms with Crippen molar-refractivity contribution in [2.24, 2.45) is 0 Å². The average molecular weight is 347 g/mol. The van der Waals surface area contributed by atoms with E-state index in [2.05, 4.69) is 20.3 Å². The van der Waals surface area contributed by atoms with Crippen molar-refractivity contribution < 1.29 is 0 Å². The van der Waals surface area contributed by atoms with Crippen molar-refractivity contribution in [3.8, 4) is 11.3 Å². The van der Waals surface area contributed by atoms with E-state index in [1.165, 1.54) is 16.4 Å². The minimum Gasteiger partial charge on any atom is -0.285 e. The first-order valence-electron chi connectivity index (χ1n) is 7.46. The lowest BCUT2D eigenvalue weighted by Crippen LogP contribution is -2.27. The number of aromatic nitrogens is 5. The first kappa shape index (κ1) is 15.3. The van der Waals surface area contributed by atoms with Gasteiger partial charge < -0.3 is 0 Å². The standard InChI is InChI=1S/C17H13N7S/c18-16-6-5-15(12-9-21-22-10-12)23-24(16)17(19)25-13-3-4-14-11(8-13)2-1-7-20-14/h1-10,18-19H,(H,21,22). The van der Waals surface area contributed by atoms with Gasteiger partial charge in [-0.3, -0.25) is 20.9 Å². The van der Waals surface area contributed by atoms with Gasteiger partial charge in [0.15, 0.2) is 5.17 Å². The summed E-state index contributed by atoms with van der Waals surface area (Å²) in [6.45, 7) is 0. The van der Waals surface area contributed by atoms with Gasteiger partial charge in [0.2, 0.25) is 0 Å². The van der Waals surface area contributed by atoms with Crippen LogP contribution in [0.3, 0.4) is 0 Å². The molecule has 8 heteroatoms. The molecule has 3 N–H and O–H groups in total. The summed E-state index contributed by atoms with van der Waals surface area (Å²) in [5.41, 5.74) is 2.51. The zero-order valence-electron chi connectivity index (χ0n) is 13.0. The maximum Gasteiger partial charge on any atom is 0.188 e. The Morgan fingerprint density at radius 3 is 2.92 bits per heavy atom. The average Bonchev–Trinajstić information content (AvgIpc) is 3.16. The second-order valence-electron chi connectivity index (χ2n) is 5.27. The zero-order chi connectivity index (χ0) is 17.2. The molecule has 4 aromatic rings. The molecule has 0 saturated heterocycles. The smallest absolute Gasteiger partial charge is 0.188 e. The van der Waals surface area contributed by atoms with Crippen molar-refractivity contribution in [1.29, 1.82) is 10.8 Å². The van der Waals surface area contributed by atoms with E-state index in [1.54, 1.807) is 30.7 Å². The van der Waals surface area contributed by atoms with Gasteiger partial charge in [-0.2, -0.15) is 14.9 Å². The van der Waals surface area contributed by atoms with E-state index in [9.17, 15) is 0 Å². The van der Waals surface area contributed by atoms with E-state index < -0.39 is 0 Å². The molecule has 0 bridgehead atoms. The predicted molar refractivity (Wildman–Crippen MR) is 96.4 cm³/mol. The zero-order valence-corrected chi connectivity index (χ0v) is 13.8. The molecule has 0 aliphatic heterocycles. The molecule has 3 aromatic heterocycles. The summed E-state index contributed by atoms with van der Waals surface area (Å²) in [5.74, 6) is 0. The number of rotatable bonds is 2. The number of thioether (sulfide) groups is 1. The molecule has 0 saturated carbocycles. The highest BCUT2D eigenvalue weighted by Gasteiger charge is 2.09. The van der Waals surface area contributed by atoms with Crippen LogP contribution < -0.4 is 5.49 Å². The van der Waals surface area contributed by atoms with Crippen LogP contribution in [0.5, 0.6) is 0 Å². The van der Waals surface area contributed by atoms with Crippen molar-refractivity contribution in [1.82, 2.24) is 25.0 Å². The van der Waals surface area contributed by atoms with Crippen molar-refractivity contribution in [2.75, 3.05) is 0 Å². The van der Waals surface area contributed by atoms with Crippen LogP contribution in [-0.2, 0) is 0 Å². The Balaban J connectivity index is 1.66. The largest absolute Gasteiger partial charge is 0.285 e. The summed E-state index contributed by atoms with van der Waals surface area (Å²) >= 11 is 1.24. The van der Waals surface area contributed by atoms with Crippen LogP contribution >= 0.6 is 11.8 Å². The number of nitrogens with zero attached hydrogens (tertiary/aromatic N) is 4. The van der Waals surface area contributed by atoms with E-state index in [-0.39, 0.29) is 10.7 Å². The third-order valence-electron chi connectivity index (χ3n) is 3.61. The van der Waals surface area contributed by atoms with Gasteiger partial charge in [-0.25, -0.2) is 0 Å². The van der Waals surface area contributed by atoms with Gasteiger partial charge in [-0.05, 0) is 36.4 Å². The van der Waals surface area contributed by atoms with E-state index in [0.717, 1.165) is 21.4 Å². The van der Waals surface area contributed by atoms with Crippen LogP contribution in [0.15, 0.2) is 66.0 Å². The van der Waals surface area contributed by atoms with Gasteiger partial charge in [0.05, 0.1) is 17.4 Å².